The number of amides is 2. The molecular weight excluding hydrogens is 385 g/mol. The number of carbonyl (C=O) groups is 2. The maximum Gasteiger partial charge on any atom is 0.338 e. The van der Waals surface area contributed by atoms with E-state index in [1.54, 1.807) is 25.1 Å². The normalized spacial score (nSPS) is 22.6. The fourth-order valence-corrected chi connectivity index (χ4v) is 4.17. The Morgan fingerprint density at radius 2 is 2.20 bits per heavy atom. The van der Waals surface area contributed by atoms with Crippen molar-refractivity contribution in [3.63, 3.8) is 0 Å². The summed E-state index contributed by atoms with van der Waals surface area (Å²) in [4.78, 5) is 29.9. The van der Waals surface area contributed by atoms with E-state index in [0.29, 0.717) is 29.4 Å². The highest BCUT2D eigenvalue weighted by molar-refractivity contribution is 5.95. The van der Waals surface area contributed by atoms with Gasteiger partial charge in [-0.15, -0.1) is 6.58 Å². The van der Waals surface area contributed by atoms with Gasteiger partial charge in [-0.2, -0.15) is 0 Å². The number of carbonyl (C=O) groups excluding carboxylic acids is 2. The van der Waals surface area contributed by atoms with E-state index in [1.165, 1.54) is 23.5 Å². The van der Waals surface area contributed by atoms with Crippen molar-refractivity contribution in [2.45, 2.75) is 45.2 Å². The molecule has 30 heavy (non-hydrogen) atoms. The fraction of sp³-hybridized carbons (Fsp3) is 0.478. The first-order valence-electron chi connectivity index (χ1n) is 10.5. The molecule has 0 spiro atoms. The second kappa shape index (κ2) is 9.89. The van der Waals surface area contributed by atoms with Gasteiger partial charge >= 0.3 is 12.0 Å². The zero-order chi connectivity index (χ0) is 21.7. The third-order valence-corrected chi connectivity index (χ3v) is 5.72. The van der Waals surface area contributed by atoms with E-state index in [-0.39, 0.29) is 19.2 Å². The van der Waals surface area contributed by atoms with E-state index in [2.05, 4.69) is 23.7 Å². The Kier molecular flexibility index (Phi) is 7.26. The number of piperidine rings is 1. The number of nitrogens with zero attached hydrogens (tertiary/aromatic N) is 2. The van der Waals surface area contributed by atoms with Crippen LogP contribution in [0.2, 0.25) is 0 Å². The third kappa shape index (κ3) is 4.73. The molecule has 2 heterocycles. The molecule has 0 saturated carbocycles. The standard InChI is InChI=1S/C23H30FN3O3/c1-4-12-27-19(15-26-13-7-6-9-16(26)3)20(22(28)30-5-2)21(25-23(27)29)17-10-8-11-18(24)14-17/h4,8,10-11,14,16,21H,1,5-7,9,12-13,15H2,2-3H3,(H,25,29). The Balaban J connectivity index is 2.12. The molecular formula is C23H30FN3O3. The fourth-order valence-electron chi connectivity index (χ4n) is 4.17. The number of halogens is 1. The lowest BCUT2D eigenvalue weighted by atomic mass is 9.93. The molecule has 2 unspecified atom stereocenters. The Bertz CT molecular complexity index is 839. The maximum atomic E-state index is 13.9. The average Bonchev–Trinajstić information content (AvgIpc) is 2.72. The molecule has 1 aromatic carbocycles. The minimum absolute atomic E-state index is 0.209. The topological polar surface area (TPSA) is 61.9 Å². The number of nitrogens with one attached hydrogen (secondary N) is 1. The van der Waals surface area contributed by atoms with E-state index >= 15 is 0 Å². The second-order valence-electron chi connectivity index (χ2n) is 7.73. The first kappa shape index (κ1) is 22.0. The molecule has 2 atom stereocenters. The second-order valence-corrected chi connectivity index (χ2v) is 7.73. The molecule has 0 aliphatic carbocycles. The predicted octanol–water partition coefficient (Wildman–Crippen LogP) is 3.77. The van der Waals surface area contributed by atoms with E-state index in [9.17, 15) is 14.0 Å². The predicted molar refractivity (Wildman–Crippen MR) is 113 cm³/mol. The quantitative estimate of drug-likeness (QED) is 0.544. The number of urea groups is 1. The molecule has 0 aromatic heterocycles. The van der Waals surface area contributed by atoms with Crippen LogP contribution in [-0.2, 0) is 9.53 Å². The molecule has 1 N–H and O–H groups in total. The monoisotopic (exact) mass is 415 g/mol. The number of hydrogen-bond acceptors (Lipinski definition) is 4. The number of hydrogen-bond donors (Lipinski definition) is 1. The Morgan fingerprint density at radius 1 is 1.40 bits per heavy atom. The van der Waals surface area contributed by atoms with Crippen molar-refractivity contribution in [1.82, 2.24) is 15.1 Å². The lowest BCUT2D eigenvalue weighted by molar-refractivity contribution is -0.139. The van der Waals surface area contributed by atoms with Gasteiger partial charge in [0.15, 0.2) is 0 Å². The van der Waals surface area contributed by atoms with Gasteiger partial charge in [0.2, 0.25) is 0 Å². The summed E-state index contributed by atoms with van der Waals surface area (Å²) in [7, 11) is 0. The van der Waals surface area contributed by atoms with Crippen LogP contribution in [0.5, 0.6) is 0 Å². The molecule has 0 bridgehead atoms. The number of benzene rings is 1. The van der Waals surface area contributed by atoms with E-state index in [0.717, 1.165) is 19.4 Å². The summed E-state index contributed by atoms with van der Waals surface area (Å²) in [5, 5.41) is 2.86. The molecule has 1 aromatic rings. The first-order valence-corrected chi connectivity index (χ1v) is 10.5. The molecule has 3 rings (SSSR count). The number of rotatable bonds is 7. The summed E-state index contributed by atoms with van der Waals surface area (Å²) >= 11 is 0. The number of esters is 1. The van der Waals surface area contributed by atoms with Crippen LogP contribution in [0.4, 0.5) is 9.18 Å². The SMILES string of the molecule is C=CCN1C(=O)NC(c2cccc(F)c2)C(C(=O)OCC)=C1CN1CCCCC1C. The van der Waals surface area contributed by atoms with E-state index in [4.69, 9.17) is 4.74 Å². The van der Waals surface area contributed by atoms with Crippen LogP contribution in [0.25, 0.3) is 0 Å². The molecule has 2 aliphatic rings. The summed E-state index contributed by atoms with van der Waals surface area (Å²) in [6.45, 7) is 9.48. The van der Waals surface area contributed by atoms with Crippen molar-refractivity contribution in [2.24, 2.45) is 0 Å². The Labute approximate surface area is 177 Å². The van der Waals surface area contributed by atoms with Crippen LogP contribution >= 0.6 is 0 Å². The van der Waals surface area contributed by atoms with Gasteiger partial charge in [0.1, 0.15) is 5.82 Å². The largest absolute Gasteiger partial charge is 0.463 e. The van der Waals surface area contributed by atoms with Crippen LogP contribution in [-0.4, -0.2) is 54.1 Å². The van der Waals surface area contributed by atoms with Crippen LogP contribution < -0.4 is 5.32 Å². The Hall–Kier alpha value is -2.67. The minimum atomic E-state index is -0.775. The molecule has 6 nitrogen and oxygen atoms in total. The van der Waals surface area contributed by atoms with Crippen molar-refractivity contribution in [3.05, 3.63) is 59.6 Å². The van der Waals surface area contributed by atoms with Crippen molar-refractivity contribution in [3.8, 4) is 0 Å². The number of ether oxygens (including phenoxy) is 1. The highest BCUT2D eigenvalue weighted by atomic mass is 19.1. The zero-order valence-corrected chi connectivity index (χ0v) is 17.7. The summed E-state index contributed by atoms with van der Waals surface area (Å²) in [5.41, 5.74) is 1.45. The van der Waals surface area contributed by atoms with Gasteiger partial charge in [-0.3, -0.25) is 9.80 Å². The lowest BCUT2D eigenvalue weighted by Crippen LogP contribution is -2.52. The van der Waals surface area contributed by atoms with Crippen molar-refractivity contribution in [1.29, 1.82) is 0 Å². The molecule has 7 heteroatoms. The molecule has 0 radical (unpaired) electrons. The molecule has 162 valence electrons. The zero-order valence-electron chi connectivity index (χ0n) is 17.7. The molecule has 1 saturated heterocycles. The van der Waals surface area contributed by atoms with Crippen LogP contribution in [0, 0.1) is 5.82 Å². The minimum Gasteiger partial charge on any atom is -0.463 e. The van der Waals surface area contributed by atoms with Gasteiger partial charge in [-0.25, -0.2) is 14.0 Å². The summed E-state index contributed by atoms with van der Waals surface area (Å²) in [5.74, 6) is -0.926. The van der Waals surface area contributed by atoms with Crippen molar-refractivity contribution < 1.29 is 18.7 Å². The smallest absolute Gasteiger partial charge is 0.338 e. The lowest BCUT2D eigenvalue weighted by Gasteiger charge is -2.40. The third-order valence-electron chi connectivity index (χ3n) is 5.72. The van der Waals surface area contributed by atoms with Gasteiger partial charge in [0.05, 0.1) is 18.2 Å². The van der Waals surface area contributed by atoms with Gasteiger partial charge in [-0.05, 0) is 50.9 Å². The highest BCUT2D eigenvalue weighted by Crippen LogP contribution is 2.33. The number of likely N-dealkylation sites (tertiary alicyclic amines) is 1. The Morgan fingerprint density at radius 3 is 2.87 bits per heavy atom. The van der Waals surface area contributed by atoms with Gasteiger partial charge in [-0.1, -0.05) is 24.6 Å². The first-order chi connectivity index (χ1) is 14.5. The van der Waals surface area contributed by atoms with E-state index in [1.807, 2.05) is 0 Å². The van der Waals surface area contributed by atoms with Gasteiger partial charge in [0.25, 0.3) is 0 Å². The average molecular weight is 416 g/mol. The summed E-state index contributed by atoms with van der Waals surface area (Å²) in [6, 6.07) is 5.19. The van der Waals surface area contributed by atoms with Gasteiger partial charge < -0.3 is 10.1 Å². The van der Waals surface area contributed by atoms with Crippen LogP contribution in [0.1, 0.15) is 44.7 Å². The molecule has 2 aliphatic heterocycles. The summed E-state index contributed by atoms with van der Waals surface area (Å²) in [6.07, 6.45) is 4.95. The van der Waals surface area contributed by atoms with Crippen LogP contribution in [0.15, 0.2) is 48.2 Å². The summed E-state index contributed by atoms with van der Waals surface area (Å²) < 4.78 is 19.3. The van der Waals surface area contributed by atoms with Gasteiger partial charge in [0, 0.05) is 24.8 Å². The van der Waals surface area contributed by atoms with E-state index < -0.39 is 17.8 Å². The highest BCUT2D eigenvalue weighted by Gasteiger charge is 2.39. The maximum absolute atomic E-state index is 13.9. The van der Waals surface area contributed by atoms with Crippen molar-refractivity contribution >= 4 is 12.0 Å². The molecule has 1 fully saturated rings. The van der Waals surface area contributed by atoms with Crippen LogP contribution in [0.3, 0.4) is 0 Å². The molecule has 2 amide bonds. The van der Waals surface area contributed by atoms with Crippen molar-refractivity contribution in [2.75, 3.05) is 26.2 Å².